The van der Waals surface area contributed by atoms with Crippen molar-refractivity contribution in [2.75, 3.05) is 5.32 Å². The van der Waals surface area contributed by atoms with Crippen LogP contribution in [0, 0.1) is 11.6 Å². The number of carbonyl (C=O) groups is 2. The lowest BCUT2D eigenvalue weighted by Crippen LogP contribution is -2.05. The zero-order valence-electron chi connectivity index (χ0n) is 20.3. The number of ketones is 1. The first kappa shape index (κ1) is 28.5. The molecule has 0 radical (unpaired) electrons. The van der Waals surface area contributed by atoms with Crippen molar-refractivity contribution >= 4 is 52.2 Å². The number of halogens is 5. The number of carboxylic acid groups (broad SMARTS) is 1. The van der Waals surface area contributed by atoms with Gasteiger partial charge in [-0.15, -0.1) is 0 Å². The zero-order valence-corrected chi connectivity index (χ0v) is 22.5. The molecule has 2 N–H and O–H groups in total. The summed E-state index contributed by atoms with van der Waals surface area (Å²) in [5, 5.41) is 13.3. The van der Waals surface area contributed by atoms with Gasteiger partial charge in [-0.3, -0.25) is 14.6 Å². The molecule has 1 aromatic heterocycles. The Morgan fingerprint density at radius 2 is 1.51 bits per heavy atom. The predicted molar refractivity (Wildman–Crippen MR) is 150 cm³/mol. The third kappa shape index (κ3) is 7.12. The van der Waals surface area contributed by atoms with E-state index in [2.05, 4.69) is 10.3 Å². The highest BCUT2D eigenvalue weighted by atomic mass is 35.5. The summed E-state index contributed by atoms with van der Waals surface area (Å²) in [6.07, 6.45) is 1.54. The van der Waals surface area contributed by atoms with Crippen LogP contribution >= 0.6 is 34.8 Å². The van der Waals surface area contributed by atoms with E-state index < -0.39 is 17.6 Å². The number of nitrogens with zero attached hydrogens (tertiary/aromatic N) is 1. The second-order valence-corrected chi connectivity index (χ2v) is 9.95. The van der Waals surface area contributed by atoms with E-state index in [9.17, 15) is 18.4 Å². The largest absolute Gasteiger partial charge is 0.481 e. The fourth-order valence-corrected chi connectivity index (χ4v) is 4.79. The molecule has 1 heterocycles. The van der Waals surface area contributed by atoms with E-state index >= 15 is 0 Å². The van der Waals surface area contributed by atoms with Gasteiger partial charge in [-0.2, -0.15) is 0 Å². The number of aliphatic carboxylic acids is 1. The number of rotatable bonds is 10. The Bertz CT molecular complexity index is 1550. The maximum absolute atomic E-state index is 14.2. The van der Waals surface area contributed by atoms with Crippen LogP contribution in [0.5, 0.6) is 0 Å². The van der Waals surface area contributed by atoms with Gasteiger partial charge in [0.1, 0.15) is 5.69 Å². The first-order valence-electron chi connectivity index (χ1n) is 11.8. The number of Topliss-reactive ketones (excluding diaryl/α,β-unsaturated/α-hetero) is 1. The molecule has 200 valence electrons. The first-order valence-corrected chi connectivity index (χ1v) is 12.9. The molecule has 4 rings (SSSR count). The third-order valence-corrected chi connectivity index (χ3v) is 6.83. The molecule has 3 aromatic carbocycles. The Kier molecular flexibility index (Phi) is 9.17. The maximum Gasteiger partial charge on any atom is 0.303 e. The van der Waals surface area contributed by atoms with Gasteiger partial charge in [0.2, 0.25) is 0 Å². The van der Waals surface area contributed by atoms with E-state index in [0.29, 0.717) is 43.0 Å². The van der Waals surface area contributed by atoms with E-state index in [1.165, 1.54) is 12.3 Å². The summed E-state index contributed by atoms with van der Waals surface area (Å²) in [6.45, 7) is 0.139. The average Bonchev–Trinajstić information content (AvgIpc) is 2.89. The van der Waals surface area contributed by atoms with Crippen LogP contribution < -0.4 is 5.32 Å². The quantitative estimate of drug-likeness (QED) is 0.181. The van der Waals surface area contributed by atoms with E-state index in [0.717, 1.165) is 17.7 Å². The first-order chi connectivity index (χ1) is 18.6. The standard InChI is InChI=1S/C29H21Cl3F2N2O3/c30-18-5-7-20(23(31)11-18)21-8-6-19(12-24(21)32)35-15-17-10-25(33)26(34)13-22(17)16-4-9-27(36-14-16)28(37)2-1-3-29(38)39/h4-14,35H,1-3,15H2,(H,38,39). The van der Waals surface area contributed by atoms with Gasteiger partial charge in [0, 0.05) is 58.0 Å². The van der Waals surface area contributed by atoms with Gasteiger partial charge in [0.05, 0.1) is 5.02 Å². The summed E-state index contributed by atoms with van der Waals surface area (Å²) in [7, 11) is 0. The van der Waals surface area contributed by atoms with Crippen LogP contribution in [0.4, 0.5) is 14.5 Å². The van der Waals surface area contributed by atoms with Crippen molar-refractivity contribution in [1.82, 2.24) is 4.98 Å². The van der Waals surface area contributed by atoms with E-state index in [4.69, 9.17) is 39.9 Å². The van der Waals surface area contributed by atoms with Crippen molar-refractivity contribution in [2.45, 2.75) is 25.8 Å². The van der Waals surface area contributed by atoms with Crippen molar-refractivity contribution in [1.29, 1.82) is 0 Å². The third-order valence-electron chi connectivity index (χ3n) is 5.97. The fraction of sp³-hybridized carbons (Fsp3) is 0.138. The molecular weight excluding hydrogens is 569 g/mol. The number of benzene rings is 3. The summed E-state index contributed by atoms with van der Waals surface area (Å²) in [5.41, 5.74) is 3.58. The van der Waals surface area contributed by atoms with Crippen molar-refractivity contribution in [2.24, 2.45) is 0 Å². The smallest absolute Gasteiger partial charge is 0.303 e. The molecule has 10 heteroatoms. The van der Waals surface area contributed by atoms with Crippen LogP contribution in [-0.2, 0) is 11.3 Å². The second-order valence-electron chi connectivity index (χ2n) is 8.70. The van der Waals surface area contributed by atoms with Gasteiger partial charge in [0.25, 0.3) is 0 Å². The number of hydrogen-bond acceptors (Lipinski definition) is 4. The number of anilines is 1. The SMILES string of the molecule is O=C(O)CCCC(=O)c1ccc(-c2cc(F)c(F)cc2CNc2ccc(-c3ccc(Cl)cc3Cl)c(Cl)c2)cn1. The Morgan fingerprint density at radius 1 is 0.821 bits per heavy atom. The molecule has 0 saturated heterocycles. The average molecular weight is 590 g/mol. The molecule has 5 nitrogen and oxygen atoms in total. The maximum atomic E-state index is 14.2. The van der Waals surface area contributed by atoms with Crippen molar-refractivity contribution in [3.8, 4) is 22.3 Å². The Balaban J connectivity index is 1.53. The van der Waals surface area contributed by atoms with Gasteiger partial charge < -0.3 is 10.4 Å². The van der Waals surface area contributed by atoms with Crippen LogP contribution in [0.15, 0.2) is 66.9 Å². The van der Waals surface area contributed by atoms with Gasteiger partial charge >= 0.3 is 5.97 Å². The van der Waals surface area contributed by atoms with Crippen LogP contribution in [-0.4, -0.2) is 21.8 Å². The number of aromatic nitrogens is 1. The topological polar surface area (TPSA) is 79.3 Å². The number of nitrogens with one attached hydrogen (secondary N) is 1. The minimum Gasteiger partial charge on any atom is -0.481 e. The summed E-state index contributed by atoms with van der Waals surface area (Å²) in [6, 6.07) is 15.7. The molecule has 0 bridgehead atoms. The molecule has 0 aliphatic heterocycles. The molecule has 0 amide bonds. The van der Waals surface area contributed by atoms with Crippen molar-refractivity contribution < 1.29 is 23.5 Å². The molecule has 0 spiro atoms. The molecule has 4 aromatic rings. The predicted octanol–water partition coefficient (Wildman–Crippen LogP) is 8.70. The minimum absolute atomic E-state index is 0.0462. The summed E-state index contributed by atoms with van der Waals surface area (Å²) in [4.78, 5) is 27.1. The van der Waals surface area contributed by atoms with E-state index in [1.807, 2.05) is 0 Å². The van der Waals surface area contributed by atoms with Crippen molar-refractivity contribution in [3.63, 3.8) is 0 Å². The second kappa shape index (κ2) is 12.6. The summed E-state index contributed by atoms with van der Waals surface area (Å²) < 4.78 is 28.4. The highest BCUT2D eigenvalue weighted by molar-refractivity contribution is 6.38. The summed E-state index contributed by atoms with van der Waals surface area (Å²) >= 11 is 18.8. The molecular formula is C29H21Cl3F2N2O3. The highest BCUT2D eigenvalue weighted by Gasteiger charge is 2.15. The molecule has 39 heavy (non-hydrogen) atoms. The molecule has 0 saturated carbocycles. The zero-order chi connectivity index (χ0) is 28.1. The van der Waals surface area contributed by atoms with E-state index in [1.54, 1.807) is 42.5 Å². The molecule has 0 unspecified atom stereocenters. The van der Waals surface area contributed by atoms with Crippen LogP contribution in [0.3, 0.4) is 0 Å². The lowest BCUT2D eigenvalue weighted by molar-refractivity contribution is -0.137. The van der Waals surface area contributed by atoms with Crippen LogP contribution in [0.25, 0.3) is 22.3 Å². The molecule has 0 atom stereocenters. The van der Waals surface area contributed by atoms with Gasteiger partial charge in [-0.05, 0) is 60.0 Å². The lowest BCUT2D eigenvalue weighted by Gasteiger charge is -2.14. The number of hydrogen-bond donors (Lipinski definition) is 2. The highest BCUT2D eigenvalue weighted by Crippen LogP contribution is 2.36. The number of carbonyl (C=O) groups excluding carboxylic acids is 1. The van der Waals surface area contributed by atoms with Gasteiger partial charge in [-0.1, -0.05) is 53.0 Å². The molecule has 0 aliphatic rings. The van der Waals surface area contributed by atoms with Gasteiger partial charge in [-0.25, -0.2) is 8.78 Å². The number of pyridine rings is 1. The lowest BCUT2D eigenvalue weighted by atomic mass is 9.99. The minimum atomic E-state index is -1.02. The Labute approximate surface area is 238 Å². The normalized spacial score (nSPS) is 10.9. The van der Waals surface area contributed by atoms with Crippen LogP contribution in [0.1, 0.15) is 35.3 Å². The molecule has 0 fully saturated rings. The summed E-state index contributed by atoms with van der Waals surface area (Å²) in [5.74, 6) is -3.29. The Hall–Kier alpha value is -3.52. The molecule has 0 aliphatic carbocycles. The van der Waals surface area contributed by atoms with Crippen LogP contribution in [0.2, 0.25) is 15.1 Å². The number of carboxylic acids is 1. The van der Waals surface area contributed by atoms with Gasteiger partial charge in [0.15, 0.2) is 17.4 Å². The van der Waals surface area contributed by atoms with Crippen molar-refractivity contribution in [3.05, 3.63) is 105 Å². The van der Waals surface area contributed by atoms with E-state index in [-0.39, 0.29) is 37.3 Å². The fourth-order valence-electron chi connectivity index (χ4n) is 4.00. The monoisotopic (exact) mass is 588 g/mol. The Morgan fingerprint density at radius 3 is 2.15 bits per heavy atom.